The van der Waals surface area contributed by atoms with E-state index in [1.807, 2.05) is 28.8 Å². The standard InChI is InChI=1S/C20H16ClN5O/c21-16-4-1-3-15(13-16)20(27)24-11-12-26-18(14-6-9-22-10-7-14)25-17-5-2-8-23-19(17)26/h1-10,13H,11-12H2,(H,24,27). The van der Waals surface area contributed by atoms with Crippen molar-refractivity contribution in [1.29, 1.82) is 0 Å². The molecular formula is C20H16ClN5O. The van der Waals surface area contributed by atoms with Gasteiger partial charge < -0.3 is 9.88 Å². The van der Waals surface area contributed by atoms with Crippen LogP contribution < -0.4 is 5.32 Å². The van der Waals surface area contributed by atoms with Gasteiger partial charge in [-0.3, -0.25) is 9.78 Å². The predicted octanol–water partition coefficient (Wildman–Crippen LogP) is 3.58. The molecule has 1 amide bonds. The van der Waals surface area contributed by atoms with Crippen LogP contribution in [0.2, 0.25) is 5.02 Å². The predicted molar refractivity (Wildman–Crippen MR) is 105 cm³/mol. The van der Waals surface area contributed by atoms with Crippen LogP contribution in [0.4, 0.5) is 0 Å². The van der Waals surface area contributed by atoms with Gasteiger partial charge in [0, 0.05) is 47.8 Å². The van der Waals surface area contributed by atoms with E-state index in [0.717, 1.165) is 22.6 Å². The topological polar surface area (TPSA) is 72.7 Å². The summed E-state index contributed by atoms with van der Waals surface area (Å²) in [6.07, 6.45) is 5.20. The second-order valence-electron chi connectivity index (χ2n) is 5.94. The fraction of sp³-hybridized carbons (Fsp3) is 0.100. The lowest BCUT2D eigenvalue weighted by Gasteiger charge is -2.10. The van der Waals surface area contributed by atoms with Gasteiger partial charge in [-0.25, -0.2) is 9.97 Å². The van der Waals surface area contributed by atoms with Gasteiger partial charge in [0.1, 0.15) is 11.3 Å². The summed E-state index contributed by atoms with van der Waals surface area (Å²) in [5.74, 6) is 0.628. The molecule has 3 heterocycles. The van der Waals surface area contributed by atoms with Crippen molar-refractivity contribution in [3.05, 3.63) is 77.7 Å². The van der Waals surface area contributed by atoms with Crippen LogP contribution in [-0.4, -0.2) is 32.0 Å². The minimum absolute atomic E-state index is 0.166. The van der Waals surface area contributed by atoms with Gasteiger partial charge in [-0.2, -0.15) is 0 Å². The first-order valence-corrected chi connectivity index (χ1v) is 8.85. The Bertz CT molecular complexity index is 1090. The number of fused-ring (bicyclic) bond motifs is 1. The highest BCUT2D eigenvalue weighted by Gasteiger charge is 2.14. The third-order valence-corrected chi connectivity index (χ3v) is 4.39. The third-order valence-electron chi connectivity index (χ3n) is 4.15. The fourth-order valence-corrected chi connectivity index (χ4v) is 3.09. The van der Waals surface area contributed by atoms with Gasteiger partial charge in [0.15, 0.2) is 5.65 Å². The van der Waals surface area contributed by atoms with Crippen molar-refractivity contribution in [3.63, 3.8) is 0 Å². The normalized spacial score (nSPS) is 10.9. The molecule has 0 atom stereocenters. The summed E-state index contributed by atoms with van der Waals surface area (Å²) in [7, 11) is 0. The van der Waals surface area contributed by atoms with E-state index >= 15 is 0 Å². The van der Waals surface area contributed by atoms with E-state index in [1.165, 1.54) is 0 Å². The monoisotopic (exact) mass is 377 g/mol. The molecule has 4 rings (SSSR count). The van der Waals surface area contributed by atoms with Gasteiger partial charge in [-0.05, 0) is 42.5 Å². The molecule has 0 spiro atoms. The summed E-state index contributed by atoms with van der Waals surface area (Å²) in [4.78, 5) is 25.5. The molecule has 0 aliphatic rings. The second-order valence-corrected chi connectivity index (χ2v) is 6.37. The molecule has 0 radical (unpaired) electrons. The Morgan fingerprint density at radius 2 is 1.93 bits per heavy atom. The highest BCUT2D eigenvalue weighted by Crippen LogP contribution is 2.22. The molecule has 0 bridgehead atoms. The summed E-state index contributed by atoms with van der Waals surface area (Å²) in [5.41, 5.74) is 3.07. The number of hydrogen-bond acceptors (Lipinski definition) is 4. The van der Waals surface area contributed by atoms with E-state index in [-0.39, 0.29) is 5.91 Å². The number of nitrogens with zero attached hydrogens (tertiary/aromatic N) is 4. The van der Waals surface area contributed by atoms with Gasteiger partial charge in [-0.15, -0.1) is 0 Å². The van der Waals surface area contributed by atoms with Crippen molar-refractivity contribution in [3.8, 4) is 11.4 Å². The molecule has 0 saturated carbocycles. The number of benzene rings is 1. The first-order valence-electron chi connectivity index (χ1n) is 8.48. The number of hydrogen-bond donors (Lipinski definition) is 1. The zero-order valence-electron chi connectivity index (χ0n) is 14.3. The molecule has 7 heteroatoms. The minimum Gasteiger partial charge on any atom is -0.350 e. The Balaban J connectivity index is 1.57. The van der Waals surface area contributed by atoms with E-state index in [9.17, 15) is 4.79 Å². The lowest BCUT2D eigenvalue weighted by atomic mass is 10.2. The first kappa shape index (κ1) is 17.2. The smallest absolute Gasteiger partial charge is 0.251 e. The molecule has 134 valence electrons. The lowest BCUT2D eigenvalue weighted by molar-refractivity contribution is 0.0952. The van der Waals surface area contributed by atoms with Crippen LogP contribution in [0, 0.1) is 0 Å². The maximum Gasteiger partial charge on any atom is 0.251 e. The molecule has 0 aliphatic carbocycles. The molecule has 3 aromatic heterocycles. The maximum atomic E-state index is 12.3. The summed E-state index contributed by atoms with van der Waals surface area (Å²) < 4.78 is 2.00. The molecule has 6 nitrogen and oxygen atoms in total. The highest BCUT2D eigenvalue weighted by atomic mass is 35.5. The van der Waals surface area contributed by atoms with Gasteiger partial charge in [0.05, 0.1) is 0 Å². The highest BCUT2D eigenvalue weighted by molar-refractivity contribution is 6.30. The molecular weight excluding hydrogens is 362 g/mol. The van der Waals surface area contributed by atoms with E-state index in [0.29, 0.717) is 23.7 Å². The average molecular weight is 378 g/mol. The van der Waals surface area contributed by atoms with E-state index in [4.69, 9.17) is 16.6 Å². The van der Waals surface area contributed by atoms with Crippen molar-refractivity contribution in [2.45, 2.75) is 6.54 Å². The number of carbonyl (C=O) groups excluding carboxylic acids is 1. The average Bonchev–Trinajstić information content (AvgIpc) is 3.07. The van der Waals surface area contributed by atoms with E-state index in [1.54, 1.807) is 42.9 Å². The number of pyridine rings is 2. The molecule has 4 aromatic rings. The van der Waals surface area contributed by atoms with Gasteiger partial charge in [-0.1, -0.05) is 17.7 Å². The Morgan fingerprint density at radius 3 is 2.74 bits per heavy atom. The molecule has 0 fully saturated rings. The molecule has 0 unspecified atom stereocenters. The van der Waals surface area contributed by atoms with Crippen LogP contribution >= 0.6 is 11.6 Å². The number of amides is 1. The Kier molecular flexibility index (Phi) is 4.80. The zero-order chi connectivity index (χ0) is 18.6. The van der Waals surface area contributed by atoms with Crippen molar-refractivity contribution in [1.82, 2.24) is 24.8 Å². The van der Waals surface area contributed by atoms with E-state index < -0.39 is 0 Å². The number of imidazole rings is 1. The number of carbonyl (C=O) groups is 1. The van der Waals surface area contributed by atoms with Gasteiger partial charge >= 0.3 is 0 Å². The molecule has 0 saturated heterocycles. The van der Waals surface area contributed by atoms with Crippen LogP contribution in [0.25, 0.3) is 22.6 Å². The fourth-order valence-electron chi connectivity index (χ4n) is 2.90. The van der Waals surface area contributed by atoms with Gasteiger partial charge in [0.25, 0.3) is 5.91 Å². The zero-order valence-corrected chi connectivity index (χ0v) is 15.1. The first-order chi connectivity index (χ1) is 13.2. The Morgan fingerprint density at radius 1 is 1.07 bits per heavy atom. The number of aromatic nitrogens is 4. The largest absolute Gasteiger partial charge is 0.350 e. The molecule has 1 aromatic carbocycles. The van der Waals surface area contributed by atoms with Crippen molar-refractivity contribution < 1.29 is 4.79 Å². The maximum absolute atomic E-state index is 12.3. The number of halogens is 1. The number of rotatable bonds is 5. The van der Waals surface area contributed by atoms with E-state index in [2.05, 4.69) is 15.3 Å². The van der Waals surface area contributed by atoms with Crippen molar-refractivity contribution in [2.24, 2.45) is 0 Å². The molecule has 27 heavy (non-hydrogen) atoms. The minimum atomic E-state index is -0.166. The molecule has 1 N–H and O–H groups in total. The lowest BCUT2D eigenvalue weighted by Crippen LogP contribution is -2.27. The van der Waals surface area contributed by atoms with Crippen molar-refractivity contribution in [2.75, 3.05) is 6.54 Å². The summed E-state index contributed by atoms with van der Waals surface area (Å²) in [6.45, 7) is 0.975. The summed E-state index contributed by atoms with van der Waals surface area (Å²) >= 11 is 5.95. The summed E-state index contributed by atoms with van der Waals surface area (Å²) in [5, 5.41) is 3.46. The Hall–Kier alpha value is -3.25. The second kappa shape index (κ2) is 7.55. The van der Waals surface area contributed by atoms with Crippen LogP contribution in [-0.2, 0) is 6.54 Å². The summed E-state index contributed by atoms with van der Waals surface area (Å²) in [6, 6.07) is 14.5. The van der Waals surface area contributed by atoms with Crippen LogP contribution in [0.15, 0.2) is 67.1 Å². The van der Waals surface area contributed by atoms with Crippen LogP contribution in [0.5, 0.6) is 0 Å². The Labute approximate surface area is 160 Å². The molecule has 0 aliphatic heterocycles. The third kappa shape index (κ3) is 3.66. The van der Waals surface area contributed by atoms with Gasteiger partial charge in [0.2, 0.25) is 0 Å². The quantitative estimate of drug-likeness (QED) is 0.577. The van der Waals surface area contributed by atoms with Crippen LogP contribution in [0.1, 0.15) is 10.4 Å². The van der Waals surface area contributed by atoms with Crippen molar-refractivity contribution >= 4 is 28.7 Å². The number of nitrogens with one attached hydrogen (secondary N) is 1. The van der Waals surface area contributed by atoms with Crippen LogP contribution in [0.3, 0.4) is 0 Å². The SMILES string of the molecule is O=C(NCCn1c(-c2ccncc2)nc2cccnc21)c1cccc(Cl)c1.